The van der Waals surface area contributed by atoms with Crippen LogP contribution in [0.5, 0.6) is 0 Å². The highest BCUT2D eigenvalue weighted by Gasteiger charge is 2.34. The molecule has 2 aliphatic rings. The number of anilines is 1. The van der Waals surface area contributed by atoms with Gasteiger partial charge in [0.15, 0.2) is 0 Å². The summed E-state index contributed by atoms with van der Waals surface area (Å²) in [6, 6.07) is 21.6. The summed E-state index contributed by atoms with van der Waals surface area (Å²) < 4.78 is 0. The Bertz CT molecular complexity index is 1360. The molecule has 2 amide bonds. The lowest BCUT2D eigenvalue weighted by Gasteiger charge is -2.15. The first-order valence-corrected chi connectivity index (χ1v) is 10.7. The average Bonchev–Trinajstić information content (AvgIpc) is 3.62. The third-order valence-corrected chi connectivity index (χ3v) is 6.03. The number of aromatic nitrogens is 2. The summed E-state index contributed by atoms with van der Waals surface area (Å²) >= 11 is 0. The van der Waals surface area contributed by atoms with E-state index in [9.17, 15) is 9.59 Å². The molecule has 4 aromatic rings. The van der Waals surface area contributed by atoms with Crippen LogP contribution in [0, 0.1) is 0 Å². The van der Waals surface area contributed by atoms with Crippen molar-refractivity contribution in [2.24, 2.45) is 0 Å². The molecule has 0 atom stereocenters. The quantitative estimate of drug-likeness (QED) is 0.475. The van der Waals surface area contributed by atoms with Crippen molar-refractivity contribution in [1.29, 1.82) is 0 Å². The highest BCUT2D eigenvalue weighted by Crippen LogP contribution is 2.31. The normalized spacial score (nSPS) is 15.3. The smallest absolute Gasteiger partial charge is 0.261 e. The van der Waals surface area contributed by atoms with Crippen LogP contribution in [0.2, 0.25) is 0 Å². The van der Waals surface area contributed by atoms with Crippen molar-refractivity contribution in [3.63, 3.8) is 0 Å². The summed E-state index contributed by atoms with van der Waals surface area (Å²) in [5.74, 6) is 0.380. The van der Waals surface area contributed by atoms with Gasteiger partial charge < -0.3 is 5.32 Å². The summed E-state index contributed by atoms with van der Waals surface area (Å²) in [7, 11) is 0. The van der Waals surface area contributed by atoms with Crippen LogP contribution in [0.25, 0.3) is 22.0 Å². The molecule has 0 saturated heterocycles. The Morgan fingerprint density at radius 1 is 0.844 bits per heavy atom. The summed E-state index contributed by atoms with van der Waals surface area (Å²) in [5, 5.41) is 4.47. The van der Waals surface area contributed by atoms with Crippen LogP contribution in [-0.4, -0.2) is 32.7 Å². The average molecular weight is 420 g/mol. The number of benzene rings is 3. The highest BCUT2D eigenvalue weighted by molar-refractivity contribution is 6.21. The van der Waals surface area contributed by atoms with Crippen molar-refractivity contribution in [2.75, 3.05) is 5.32 Å². The van der Waals surface area contributed by atoms with Crippen LogP contribution in [0.3, 0.4) is 0 Å². The maximum atomic E-state index is 12.7. The van der Waals surface area contributed by atoms with Gasteiger partial charge in [-0.3, -0.25) is 14.5 Å². The Hall–Kier alpha value is -4.06. The second-order valence-electron chi connectivity index (χ2n) is 8.32. The summed E-state index contributed by atoms with van der Waals surface area (Å²) in [5.41, 5.74) is 4.79. The molecule has 0 radical (unpaired) electrons. The predicted octanol–water partition coefficient (Wildman–Crippen LogP) is 4.67. The van der Waals surface area contributed by atoms with Gasteiger partial charge in [0.2, 0.25) is 0 Å². The van der Waals surface area contributed by atoms with Crippen molar-refractivity contribution >= 4 is 28.5 Å². The Labute approximate surface area is 184 Å². The van der Waals surface area contributed by atoms with Crippen LogP contribution >= 0.6 is 0 Å². The summed E-state index contributed by atoms with van der Waals surface area (Å²) in [4.78, 5) is 35.6. The van der Waals surface area contributed by atoms with E-state index in [1.807, 2.05) is 36.4 Å². The third-order valence-electron chi connectivity index (χ3n) is 6.03. The Morgan fingerprint density at radius 2 is 1.59 bits per heavy atom. The van der Waals surface area contributed by atoms with Crippen LogP contribution in [0.4, 0.5) is 5.82 Å². The molecule has 2 heterocycles. The molecule has 6 heteroatoms. The van der Waals surface area contributed by atoms with Crippen LogP contribution in [0.15, 0.2) is 73.1 Å². The molecule has 32 heavy (non-hydrogen) atoms. The molecule has 1 aromatic heterocycles. The number of fused-ring (bicyclic) bond motifs is 2. The lowest BCUT2D eigenvalue weighted by Crippen LogP contribution is -2.29. The van der Waals surface area contributed by atoms with Gasteiger partial charge in [-0.05, 0) is 59.9 Å². The topological polar surface area (TPSA) is 75.2 Å². The van der Waals surface area contributed by atoms with Gasteiger partial charge in [0.05, 0.1) is 23.2 Å². The van der Waals surface area contributed by atoms with Gasteiger partial charge in [-0.2, -0.15) is 0 Å². The number of amides is 2. The molecular weight excluding hydrogens is 400 g/mol. The second kappa shape index (κ2) is 7.27. The molecule has 1 aliphatic heterocycles. The van der Waals surface area contributed by atoms with Gasteiger partial charge in [0.25, 0.3) is 11.8 Å². The number of nitrogens with zero attached hydrogens (tertiary/aromatic N) is 3. The van der Waals surface area contributed by atoms with Gasteiger partial charge in [-0.15, -0.1) is 0 Å². The van der Waals surface area contributed by atoms with E-state index in [0.717, 1.165) is 33.4 Å². The SMILES string of the molecule is O=C1c2ccccc2C(=O)N1Cc1cccc(-c2ccc3ncnc(NC4CC4)c3c2)c1. The molecule has 0 unspecified atom stereocenters. The van der Waals surface area contributed by atoms with E-state index < -0.39 is 0 Å². The van der Waals surface area contributed by atoms with E-state index in [4.69, 9.17) is 0 Å². The zero-order valence-corrected chi connectivity index (χ0v) is 17.3. The van der Waals surface area contributed by atoms with E-state index in [-0.39, 0.29) is 18.4 Å². The molecule has 1 N–H and O–H groups in total. The van der Waals surface area contributed by atoms with E-state index in [2.05, 4.69) is 21.4 Å². The van der Waals surface area contributed by atoms with Crippen molar-refractivity contribution in [2.45, 2.75) is 25.4 Å². The lowest BCUT2D eigenvalue weighted by atomic mass is 10.0. The van der Waals surface area contributed by atoms with Gasteiger partial charge in [0, 0.05) is 11.4 Å². The first kappa shape index (κ1) is 18.7. The number of nitrogens with one attached hydrogen (secondary N) is 1. The van der Waals surface area contributed by atoms with Gasteiger partial charge in [0.1, 0.15) is 12.1 Å². The molecule has 3 aromatic carbocycles. The van der Waals surface area contributed by atoms with Crippen molar-refractivity contribution in [3.8, 4) is 11.1 Å². The van der Waals surface area contributed by atoms with E-state index in [1.54, 1.807) is 30.6 Å². The molecule has 0 bridgehead atoms. The van der Waals surface area contributed by atoms with Crippen molar-refractivity contribution < 1.29 is 9.59 Å². The molecule has 1 fully saturated rings. The number of carbonyl (C=O) groups is 2. The Kier molecular flexibility index (Phi) is 4.24. The molecule has 1 aliphatic carbocycles. The van der Waals surface area contributed by atoms with E-state index >= 15 is 0 Å². The predicted molar refractivity (Wildman–Crippen MR) is 122 cm³/mol. The minimum absolute atomic E-state index is 0.241. The van der Waals surface area contributed by atoms with Gasteiger partial charge >= 0.3 is 0 Å². The van der Waals surface area contributed by atoms with Crippen molar-refractivity contribution in [1.82, 2.24) is 14.9 Å². The van der Waals surface area contributed by atoms with Crippen LogP contribution < -0.4 is 5.32 Å². The lowest BCUT2D eigenvalue weighted by molar-refractivity contribution is 0.0642. The fourth-order valence-electron chi connectivity index (χ4n) is 4.19. The van der Waals surface area contributed by atoms with E-state index in [1.165, 1.54) is 17.7 Å². The summed E-state index contributed by atoms with van der Waals surface area (Å²) in [6.07, 6.45) is 3.94. The summed E-state index contributed by atoms with van der Waals surface area (Å²) in [6.45, 7) is 0.241. The van der Waals surface area contributed by atoms with Crippen molar-refractivity contribution in [3.05, 3.63) is 89.7 Å². The number of carbonyl (C=O) groups excluding carboxylic acids is 2. The van der Waals surface area contributed by atoms with Gasteiger partial charge in [-0.25, -0.2) is 9.97 Å². The fraction of sp³-hybridized carbons (Fsp3) is 0.154. The van der Waals surface area contributed by atoms with Crippen LogP contribution in [-0.2, 0) is 6.54 Å². The molecule has 1 saturated carbocycles. The third kappa shape index (κ3) is 3.21. The second-order valence-corrected chi connectivity index (χ2v) is 8.32. The number of hydrogen-bond acceptors (Lipinski definition) is 5. The number of imide groups is 1. The Balaban J connectivity index is 1.32. The standard InChI is InChI=1S/C26H20N4O2/c31-25-20-6-1-2-7-21(20)26(32)30(25)14-16-4-3-5-17(12-16)18-8-11-23-22(13-18)24(28-15-27-23)29-19-9-10-19/h1-8,11-13,15,19H,9-10,14H2,(H,27,28,29). The van der Waals surface area contributed by atoms with Gasteiger partial charge in [-0.1, -0.05) is 36.4 Å². The largest absolute Gasteiger partial charge is 0.367 e. The Morgan fingerprint density at radius 3 is 2.34 bits per heavy atom. The maximum Gasteiger partial charge on any atom is 0.261 e. The van der Waals surface area contributed by atoms with E-state index in [0.29, 0.717) is 17.2 Å². The number of rotatable bonds is 5. The molecule has 0 spiro atoms. The minimum atomic E-state index is -0.241. The number of hydrogen-bond donors (Lipinski definition) is 1. The molecular formula is C26H20N4O2. The highest BCUT2D eigenvalue weighted by atomic mass is 16.2. The molecule has 156 valence electrons. The zero-order valence-electron chi connectivity index (χ0n) is 17.3. The minimum Gasteiger partial charge on any atom is -0.367 e. The monoisotopic (exact) mass is 420 g/mol. The first-order chi connectivity index (χ1) is 15.7. The zero-order chi connectivity index (χ0) is 21.7. The molecule has 6 nitrogen and oxygen atoms in total. The van der Waals surface area contributed by atoms with Crippen LogP contribution in [0.1, 0.15) is 39.1 Å². The molecule has 6 rings (SSSR count). The first-order valence-electron chi connectivity index (χ1n) is 10.7. The fourth-order valence-corrected chi connectivity index (χ4v) is 4.19. The maximum absolute atomic E-state index is 12.7.